The molecule has 2 fully saturated rings. The summed E-state index contributed by atoms with van der Waals surface area (Å²) in [6.07, 6.45) is 2.55. The lowest BCUT2D eigenvalue weighted by molar-refractivity contribution is 0.0791. The quantitative estimate of drug-likeness (QED) is 0.784. The van der Waals surface area contributed by atoms with Crippen molar-refractivity contribution in [3.8, 4) is 0 Å². The lowest BCUT2D eigenvalue weighted by Crippen LogP contribution is -2.32. The summed E-state index contributed by atoms with van der Waals surface area (Å²) in [5.74, 6) is -0.231. The van der Waals surface area contributed by atoms with Gasteiger partial charge in [0.15, 0.2) is 0 Å². The molecule has 2 aliphatic heterocycles. The molecule has 2 heterocycles. The molecule has 4 rings (SSSR count). The predicted octanol–water partition coefficient (Wildman–Crippen LogP) is 3.45. The average molecular weight is 434 g/mol. The highest BCUT2D eigenvalue weighted by molar-refractivity contribution is 7.89. The first-order chi connectivity index (χ1) is 13.9. The third kappa shape index (κ3) is 4.27. The molecule has 1 atom stereocenters. The molecule has 154 valence electrons. The van der Waals surface area contributed by atoms with E-state index in [0.717, 1.165) is 24.9 Å². The zero-order valence-corrected chi connectivity index (χ0v) is 17.6. The molecule has 0 spiro atoms. The fourth-order valence-electron chi connectivity index (χ4n) is 3.91. The van der Waals surface area contributed by atoms with Crippen molar-refractivity contribution in [1.29, 1.82) is 0 Å². The number of hydrogen-bond acceptors (Lipinski definition) is 4. The van der Waals surface area contributed by atoms with Gasteiger partial charge in [0.05, 0.1) is 15.5 Å². The van der Waals surface area contributed by atoms with E-state index in [4.69, 9.17) is 11.6 Å². The second kappa shape index (κ2) is 8.34. The SMILES string of the molecule is O=C(c1cc(S(=O)(=O)N2CCCC2)ccc1Cl)N1CCC(Nc2ccccc2)C1. The zero-order chi connectivity index (χ0) is 20.4. The van der Waals surface area contributed by atoms with Gasteiger partial charge in [-0.1, -0.05) is 29.8 Å². The van der Waals surface area contributed by atoms with E-state index >= 15 is 0 Å². The maximum atomic E-state index is 13.1. The van der Waals surface area contributed by atoms with E-state index in [-0.39, 0.29) is 27.4 Å². The van der Waals surface area contributed by atoms with Crippen molar-refractivity contribution in [3.05, 3.63) is 59.1 Å². The molecule has 0 saturated carbocycles. The Morgan fingerprint density at radius 3 is 2.48 bits per heavy atom. The van der Waals surface area contributed by atoms with Gasteiger partial charge in [-0.2, -0.15) is 4.31 Å². The van der Waals surface area contributed by atoms with Gasteiger partial charge in [0.25, 0.3) is 5.91 Å². The van der Waals surface area contributed by atoms with Crippen molar-refractivity contribution in [2.45, 2.75) is 30.2 Å². The number of nitrogens with zero attached hydrogens (tertiary/aromatic N) is 2. The van der Waals surface area contributed by atoms with E-state index in [0.29, 0.717) is 26.2 Å². The standard InChI is InChI=1S/C21H24ClN3O3S/c22-20-9-8-18(29(27,28)25-11-4-5-12-25)14-19(20)21(26)24-13-10-17(15-24)23-16-6-2-1-3-7-16/h1-3,6-9,14,17,23H,4-5,10-13,15H2. The molecular weight excluding hydrogens is 410 g/mol. The molecular formula is C21H24ClN3O3S. The molecule has 2 aliphatic rings. The number of carbonyl (C=O) groups is 1. The third-order valence-corrected chi connectivity index (χ3v) is 7.72. The van der Waals surface area contributed by atoms with Gasteiger partial charge in [0, 0.05) is 37.9 Å². The third-order valence-electron chi connectivity index (χ3n) is 5.49. The Bertz CT molecular complexity index is 991. The lowest BCUT2D eigenvalue weighted by Gasteiger charge is -2.20. The molecule has 2 aromatic rings. The number of rotatable bonds is 5. The van der Waals surface area contributed by atoms with Crippen LogP contribution < -0.4 is 5.32 Å². The molecule has 2 aromatic carbocycles. The van der Waals surface area contributed by atoms with E-state index in [1.165, 1.54) is 22.5 Å². The van der Waals surface area contributed by atoms with Crippen LogP contribution in [-0.2, 0) is 10.0 Å². The highest BCUT2D eigenvalue weighted by Gasteiger charge is 2.31. The summed E-state index contributed by atoms with van der Waals surface area (Å²) < 4.78 is 27.2. The molecule has 0 bridgehead atoms. The van der Waals surface area contributed by atoms with Crippen molar-refractivity contribution in [2.24, 2.45) is 0 Å². The Kier molecular flexibility index (Phi) is 5.81. The zero-order valence-electron chi connectivity index (χ0n) is 16.1. The number of likely N-dealkylation sites (tertiary alicyclic amines) is 1. The molecule has 1 N–H and O–H groups in total. The number of sulfonamides is 1. The molecule has 0 radical (unpaired) electrons. The number of anilines is 1. The largest absolute Gasteiger partial charge is 0.380 e. The van der Waals surface area contributed by atoms with Gasteiger partial charge in [0.2, 0.25) is 10.0 Å². The molecule has 8 heteroatoms. The number of carbonyl (C=O) groups excluding carboxylic acids is 1. The maximum absolute atomic E-state index is 13.1. The topological polar surface area (TPSA) is 69.7 Å². The molecule has 6 nitrogen and oxygen atoms in total. The Hall–Kier alpha value is -2.09. The van der Waals surface area contributed by atoms with Gasteiger partial charge in [0.1, 0.15) is 0 Å². The minimum atomic E-state index is -3.59. The summed E-state index contributed by atoms with van der Waals surface area (Å²) in [5.41, 5.74) is 1.26. The van der Waals surface area contributed by atoms with Crippen LogP contribution in [-0.4, -0.2) is 55.8 Å². The van der Waals surface area contributed by atoms with Crippen molar-refractivity contribution >= 4 is 33.2 Å². The van der Waals surface area contributed by atoms with E-state index < -0.39 is 10.0 Å². The Balaban J connectivity index is 1.50. The smallest absolute Gasteiger partial charge is 0.255 e. The summed E-state index contributed by atoms with van der Waals surface area (Å²) in [6.45, 7) is 2.19. The molecule has 2 saturated heterocycles. The van der Waals surface area contributed by atoms with Crippen molar-refractivity contribution in [3.63, 3.8) is 0 Å². The average Bonchev–Trinajstić information content (AvgIpc) is 3.41. The van der Waals surface area contributed by atoms with Crippen LogP contribution in [0.25, 0.3) is 0 Å². The van der Waals surface area contributed by atoms with Crippen LogP contribution in [0.2, 0.25) is 5.02 Å². The van der Waals surface area contributed by atoms with Crippen LogP contribution in [0.1, 0.15) is 29.6 Å². The molecule has 29 heavy (non-hydrogen) atoms. The Morgan fingerprint density at radius 2 is 1.76 bits per heavy atom. The van der Waals surface area contributed by atoms with E-state index in [2.05, 4.69) is 5.32 Å². The van der Waals surface area contributed by atoms with Crippen molar-refractivity contribution in [1.82, 2.24) is 9.21 Å². The number of para-hydroxylation sites is 1. The highest BCUT2D eigenvalue weighted by atomic mass is 35.5. The van der Waals surface area contributed by atoms with Crippen LogP contribution >= 0.6 is 11.6 Å². The first-order valence-corrected chi connectivity index (χ1v) is 11.7. The summed E-state index contributed by atoms with van der Waals surface area (Å²) in [7, 11) is -3.59. The van der Waals surface area contributed by atoms with Gasteiger partial charge < -0.3 is 10.2 Å². The molecule has 1 amide bonds. The monoisotopic (exact) mass is 433 g/mol. The van der Waals surface area contributed by atoms with Gasteiger partial charge in [-0.15, -0.1) is 0 Å². The van der Waals surface area contributed by atoms with Crippen LogP contribution in [0.4, 0.5) is 5.69 Å². The van der Waals surface area contributed by atoms with Crippen LogP contribution in [0.3, 0.4) is 0 Å². The van der Waals surface area contributed by atoms with Crippen LogP contribution in [0, 0.1) is 0 Å². The first-order valence-electron chi connectivity index (χ1n) is 9.86. The number of benzene rings is 2. The summed E-state index contributed by atoms with van der Waals surface area (Å²) >= 11 is 6.27. The Labute approximate surface area is 176 Å². The molecule has 0 aliphatic carbocycles. The maximum Gasteiger partial charge on any atom is 0.255 e. The second-order valence-electron chi connectivity index (χ2n) is 7.50. The Morgan fingerprint density at radius 1 is 1.03 bits per heavy atom. The van der Waals surface area contributed by atoms with E-state index in [1.807, 2.05) is 30.3 Å². The number of halogens is 1. The summed E-state index contributed by atoms with van der Waals surface area (Å²) in [6, 6.07) is 14.4. The predicted molar refractivity (Wildman–Crippen MR) is 114 cm³/mol. The van der Waals surface area contributed by atoms with Gasteiger partial charge in [-0.05, 0) is 49.6 Å². The summed E-state index contributed by atoms with van der Waals surface area (Å²) in [5, 5.41) is 3.71. The van der Waals surface area contributed by atoms with Gasteiger partial charge in [-0.25, -0.2) is 8.42 Å². The lowest BCUT2D eigenvalue weighted by atomic mass is 10.2. The second-order valence-corrected chi connectivity index (χ2v) is 9.85. The number of hydrogen-bond donors (Lipinski definition) is 1. The number of nitrogens with one attached hydrogen (secondary N) is 1. The minimum absolute atomic E-state index is 0.130. The molecule has 0 aromatic heterocycles. The first kappa shape index (κ1) is 20.2. The van der Waals surface area contributed by atoms with E-state index in [1.54, 1.807) is 4.90 Å². The summed E-state index contributed by atoms with van der Waals surface area (Å²) in [4.78, 5) is 14.9. The normalized spacial score (nSPS) is 20.2. The fraction of sp³-hybridized carbons (Fsp3) is 0.381. The van der Waals surface area contributed by atoms with E-state index in [9.17, 15) is 13.2 Å². The highest BCUT2D eigenvalue weighted by Crippen LogP contribution is 2.27. The van der Waals surface area contributed by atoms with Crippen LogP contribution in [0.5, 0.6) is 0 Å². The van der Waals surface area contributed by atoms with Gasteiger partial charge in [-0.3, -0.25) is 4.79 Å². The van der Waals surface area contributed by atoms with Crippen molar-refractivity contribution in [2.75, 3.05) is 31.5 Å². The van der Waals surface area contributed by atoms with Gasteiger partial charge >= 0.3 is 0 Å². The van der Waals surface area contributed by atoms with Crippen LogP contribution in [0.15, 0.2) is 53.4 Å². The number of amides is 1. The van der Waals surface area contributed by atoms with Crippen molar-refractivity contribution < 1.29 is 13.2 Å². The molecule has 1 unspecified atom stereocenters. The fourth-order valence-corrected chi connectivity index (χ4v) is 5.65. The minimum Gasteiger partial charge on any atom is -0.380 e.